The number of nitrogens with one attached hydrogen (secondary N) is 2. The third kappa shape index (κ3) is 3.77. The summed E-state index contributed by atoms with van der Waals surface area (Å²) < 4.78 is 5.60. The highest BCUT2D eigenvalue weighted by atomic mass is 32.1. The van der Waals surface area contributed by atoms with E-state index in [4.69, 9.17) is 4.74 Å². The van der Waals surface area contributed by atoms with Crippen LogP contribution in [0.2, 0.25) is 0 Å². The third-order valence-corrected chi connectivity index (χ3v) is 6.49. The second-order valence-electron chi connectivity index (χ2n) is 7.18. The van der Waals surface area contributed by atoms with Crippen molar-refractivity contribution >= 4 is 28.2 Å². The Morgan fingerprint density at radius 1 is 1.19 bits per heavy atom. The van der Waals surface area contributed by atoms with Crippen molar-refractivity contribution in [1.29, 1.82) is 0 Å². The second-order valence-corrected chi connectivity index (χ2v) is 8.28. The minimum Gasteiger partial charge on any atom is -0.376 e. The molecule has 2 amide bonds. The van der Waals surface area contributed by atoms with E-state index >= 15 is 0 Å². The molecule has 142 valence electrons. The fourth-order valence-corrected chi connectivity index (χ4v) is 5.11. The summed E-state index contributed by atoms with van der Waals surface area (Å²) in [5, 5.41) is 6.67. The molecule has 0 radical (unpaired) electrons. The van der Waals surface area contributed by atoms with Crippen LogP contribution in [0.5, 0.6) is 0 Å². The number of fused-ring (bicyclic) bond motifs is 1. The van der Waals surface area contributed by atoms with Crippen molar-refractivity contribution < 1.29 is 14.3 Å². The van der Waals surface area contributed by atoms with Crippen LogP contribution < -0.4 is 10.6 Å². The van der Waals surface area contributed by atoms with Gasteiger partial charge in [-0.25, -0.2) is 0 Å². The molecule has 1 fully saturated rings. The van der Waals surface area contributed by atoms with Gasteiger partial charge in [0.15, 0.2) is 0 Å². The summed E-state index contributed by atoms with van der Waals surface area (Å²) in [4.78, 5) is 26.9. The number of aryl methyl sites for hydroxylation is 2. The summed E-state index contributed by atoms with van der Waals surface area (Å²) in [5.74, 6) is -0.272. The van der Waals surface area contributed by atoms with Crippen molar-refractivity contribution in [3.05, 3.63) is 51.4 Å². The van der Waals surface area contributed by atoms with Crippen molar-refractivity contribution in [3.8, 4) is 0 Å². The molecule has 1 unspecified atom stereocenters. The van der Waals surface area contributed by atoms with E-state index in [1.807, 2.05) is 31.2 Å². The number of amides is 2. The van der Waals surface area contributed by atoms with E-state index in [-0.39, 0.29) is 17.9 Å². The lowest BCUT2D eigenvalue weighted by Crippen LogP contribution is -2.32. The monoisotopic (exact) mass is 384 g/mol. The molecule has 1 aliphatic carbocycles. The highest BCUT2D eigenvalue weighted by Crippen LogP contribution is 2.39. The van der Waals surface area contributed by atoms with Crippen LogP contribution in [0.15, 0.2) is 24.3 Å². The fourth-order valence-electron chi connectivity index (χ4n) is 3.83. The van der Waals surface area contributed by atoms with Crippen LogP contribution in [0, 0.1) is 6.92 Å². The SMILES string of the molecule is Cc1ccccc1C(=O)Nc1sc2c(c1C(=O)NCC1CCCO1)CCC2. The maximum absolute atomic E-state index is 12.9. The zero-order chi connectivity index (χ0) is 18.8. The molecule has 2 N–H and O–H groups in total. The third-order valence-electron chi connectivity index (χ3n) is 5.28. The molecule has 5 nitrogen and oxygen atoms in total. The van der Waals surface area contributed by atoms with Gasteiger partial charge in [-0.3, -0.25) is 9.59 Å². The molecule has 1 aromatic heterocycles. The predicted octanol–water partition coefficient (Wildman–Crippen LogP) is 3.71. The van der Waals surface area contributed by atoms with Gasteiger partial charge >= 0.3 is 0 Å². The zero-order valence-electron chi connectivity index (χ0n) is 15.5. The van der Waals surface area contributed by atoms with Gasteiger partial charge in [-0.15, -0.1) is 11.3 Å². The summed E-state index contributed by atoms with van der Waals surface area (Å²) >= 11 is 1.54. The number of carbonyl (C=O) groups is 2. The summed E-state index contributed by atoms with van der Waals surface area (Å²) in [5.41, 5.74) is 3.30. The quantitative estimate of drug-likeness (QED) is 0.826. The lowest BCUT2D eigenvalue weighted by Gasteiger charge is -2.13. The van der Waals surface area contributed by atoms with Crippen molar-refractivity contribution in [2.24, 2.45) is 0 Å². The summed E-state index contributed by atoms with van der Waals surface area (Å²) in [6, 6.07) is 7.49. The molecule has 0 bridgehead atoms. The Kier molecular flexibility index (Phi) is 5.27. The van der Waals surface area contributed by atoms with Gasteiger partial charge in [-0.2, -0.15) is 0 Å². The highest BCUT2D eigenvalue weighted by Gasteiger charge is 2.28. The van der Waals surface area contributed by atoms with E-state index < -0.39 is 0 Å². The molecule has 27 heavy (non-hydrogen) atoms. The van der Waals surface area contributed by atoms with Gasteiger partial charge in [0.05, 0.1) is 11.7 Å². The van der Waals surface area contributed by atoms with Crippen molar-refractivity contribution in [2.45, 2.75) is 45.1 Å². The fraction of sp³-hybridized carbons (Fsp3) is 0.429. The Labute approximate surface area is 163 Å². The first kappa shape index (κ1) is 18.2. The predicted molar refractivity (Wildman–Crippen MR) is 107 cm³/mol. The van der Waals surface area contributed by atoms with Crippen molar-refractivity contribution in [2.75, 3.05) is 18.5 Å². The Morgan fingerprint density at radius 2 is 2.04 bits per heavy atom. The molecule has 1 aliphatic heterocycles. The van der Waals surface area contributed by atoms with Crippen molar-refractivity contribution in [3.63, 3.8) is 0 Å². The van der Waals surface area contributed by atoms with E-state index in [0.29, 0.717) is 22.7 Å². The largest absolute Gasteiger partial charge is 0.376 e. The first-order valence-corrected chi connectivity index (χ1v) is 10.4. The molecular weight excluding hydrogens is 360 g/mol. The minimum absolute atomic E-state index is 0.102. The van der Waals surface area contributed by atoms with Crippen LogP contribution in [0.4, 0.5) is 5.00 Å². The van der Waals surface area contributed by atoms with Crippen LogP contribution in [0.1, 0.15) is 56.0 Å². The summed E-state index contributed by atoms with van der Waals surface area (Å²) in [6.07, 6.45) is 5.08. The van der Waals surface area contributed by atoms with Gasteiger partial charge < -0.3 is 15.4 Å². The van der Waals surface area contributed by atoms with Gasteiger partial charge in [0.1, 0.15) is 5.00 Å². The molecule has 4 rings (SSSR count). The van der Waals surface area contributed by atoms with Crippen LogP contribution >= 0.6 is 11.3 Å². The molecule has 6 heteroatoms. The lowest BCUT2D eigenvalue weighted by atomic mass is 10.1. The van der Waals surface area contributed by atoms with Gasteiger partial charge in [0.2, 0.25) is 0 Å². The molecule has 1 atom stereocenters. The number of ether oxygens (including phenoxy) is 1. The average molecular weight is 385 g/mol. The van der Waals surface area contributed by atoms with Gasteiger partial charge in [-0.1, -0.05) is 18.2 Å². The second kappa shape index (κ2) is 7.82. The number of hydrogen-bond acceptors (Lipinski definition) is 4. The maximum Gasteiger partial charge on any atom is 0.256 e. The van der Waals surface area contributed by atoms with Crippen LogP contribution in [0.3, 0.4) is 0 Å². The summed E-state index contributed by atoms with van der Waals surface area (Å²) in [6.45, 7) is 3.21. The Bertz CT molecular complexity index is 868. The molecule has 1 saturated heterocycles. The van der Waals surface area contributed by atoms with Crippen LogP contribution in [0.25, 0.3) is 0 Å². The number of benzene rings is 1. The first-order chi connectivity index (χ1) is 13.1. The topological polar surface area (TPSA) is 67.4 Å². The van der Waals surface area contributed by atoms with Gasteiger partial charge in [-0.05, 0) is 56.2 Å². The number of anilines is 1. The Hall–Kier alpha value is -2.18. The molecule has 2 aliphatic rings. The molecular formula is C21H24N2O3S. The van der Waals surface area contributed by atoms with Crippen molar-refractivity contribution in [1.82, 2.24) is 5.32 Å². The Morgan fingerprint density at radius 3 is 2.81 bits per heavy atom. The number of carbonyl (C=O) groups excluding carboxylic acids is 2. The molecule has 0 saturated carbocycles. The minimum atomic E-state index is -0.166. The average Bonchev–Trinajstić information content (AvgIpc) is 3.37. The van der Waals surface area contributed by atoms with E-state index in [2.05, 4.69) is 10.6 Å². The normalized spacial score (nSPS) is 18.3. The van der Waals surface area contributed by atoms with E-state index in [1.54, 1.807) is 0 Å². The molecule has 2 heterocycles. The summed E-state index contributed by atoms with van der Waals surface area (Å²) in [7, 11) is 0. The van der Waals surface area contributed by atoms with Gasteiger partial charge in [0, 0.05) is 23.6 Å². The lowest BCUT2D eigenvalue weighted by molar-refractivity contribution is 0.0858. The molecule has 2 aromatic rings. The molecule has 0 spiro atoms. The number of hydrogen-bond donors (Lipinski definition) is 2. The first-order valence-electron chi connectivity index (χ1n) is 9.55. The van der Waals surface area contributed by atoms with E-state index in [1.165, 1.54) is 16.2 Å². The number of thiophene rings is 1. The highest BCUT2D eigenvalue weighted by molar-refractivity contribution is 7.17. The maximum atomic E-state index is 12.9. The van der Waals surface area contributed by atoms with Gasteiger partial charge in [0.25, 0.3) is 11.8 Å². The van der Waals surface area contributed by atoms with E-state index in [0.717, 1.165) is 49.8 Å². The zero-order valence-corrected chi connectivity index (χ0v) is 16.3. The number of rotatable bonds is 5. The van der Waals surface area contributed by atoms with E-state index in [9.17, 15) is 9.59 Å². The molecule has 1 aromatic carbocycles. The smallest absolute Gasteiger partial charge is 0.256 e. The van der Waals surface area contributed by atoms with Crippen LogP contribution in [-0.4, -0.2) is 31.1 Å². The standard InChI is InChI=1S/C21H24N2O3S/c1-13-6-2-3-8-15(13)19(24)23-21-18(16-9-4-10-17(16)27-21)20(25)22-12-14-7-5-11-26-14/h2-3,6,8,14H,4-5,7,9-12H2,1H3,(H,22,25)(H,23,24). The van der Waals surface area contributed by atoms with Crippen LogP contribution in [-0.2, 0) is 17.6 Å². The Balaban J connectivity index is 1.55.